The summed E-state index contributed by atoms with van der Waals surface area (Å²) >= 11 is 1.33. The summed E-state index contributed by atoms with van der Waals surface area (Å²) in [4.78, 5) is 22.7. The van der Waals surface area contributed by atoms with E-state index in [1.165, 1.54) is 17.8 Å². The average molecular weight is 225 g/mol. The molecular formula is C10H8FNO2S. The first-order chi connectivity index (χ1) is 7.13. The summed E-state index contributed by atoms with van der Waals surface area (Å²) in [6.45, 7) is 1.90. The average Bonchev–Trinajstić information content (AvgIpc) is 2.46. The Morgan fingerprint density at radius 3 is 2.80 bits per heavy atom. The van der Waals surface area contributed by atoms with Gasteiger partial charge in [0.2, 0.25) is 0 Å². The molecule has 15 heavy (non-hydrogen) atoms. The van der Waals surface area contributed by atoms with Gasteiger partial charge < -0.3 is 5.32 Å². The minimum atomic E-state index is -0.692. The Kier molecular flexibility index (Phi) is 2.48. The first-order valence-electron chi connectivity index (χ1n) is 4.45. The van der Waals surface area contributed by atoms with Gasteiger partial charge in [0.1, 0.15) is 5.82 Å². The number of amides is 1. The molecule has 0 saturated carbocycles. The number of nitrogens with one attached hydrogen (secondary N) is 1. The van der Waals surface area contributed by atoms with Crippen LogP contribution in [0.3, 0.4) is 0 Å². The molecule has 0 radical (unpaired) electrons. The second kappa shape index (κ2) is 3.66. The molecule has 0 spiro atoms. The Bertz CT molecular complexity index is 459. The highest BCUT2D eigenvalue weighted by atomic mass is 32.2. The zero-order valence-corrected chi connectivity index (χ0v) is 8.78. The molecule has 1 aromatic rings. The number of rotatable bonds is 2. The largest absolute Gasteiger partial charge is 0.318 e. The van der Waals surface area contributed by atoms with Crippen molar-refractivity contribution in [3.05, 3.63) is 23.5 Å². The van der Waals surface area contributed by atoms with Gasteiger partial charge in [0.15, 0.2) is 0 Å². The van der Waals surface area contributed by atoms with E-state index in [1.54, 1.807) is 0 Å². The third kappa shape index (κ3) is 1.63. The van der Waals surface area contributed by atoms with Crippen molar-refractivity contribution in [2.75, 3.05) is 11.1 Å². The maximum absolute atomic E-state index is 13.4. The van der Waals surface area contributed by atoms with E-state index in [1.807, 2.05) is 6.92 Å². The minimum absolute atomic E-state index is 0.123. The summed E-state index contributed by atoms with van der Waals surface area (Å²) in [5.74, 6) is -1.08. The number of hydrogen-bond acceptors (Lipinski definition) is 3. The molecule has 1 aliphatic heterocycles. The lowest BCUT2D eigenvalue weighted by atomic mass is 10.1. The van der Waals surface area contributed by atoms with Gasteiger partial charge >= 0.3 is 0 Å². The first kappa shape index (κ1) is 10.2. The minimum Gasteiger partial charge on any atom is -0.318 e. The second-order valence-electron chi connectivity index (χ2n) is 3.04. The molecule has 2 rings (SSSR count). The Balaban J connectivity index is 2.49. The predicted octanol–water partition coefficient (Wildman–Crippen LogP) is 2.07. The molecule has 0 fully saturated rings. The molecule has 0 unspecified atom stereocenters. The fourth-order valence-electron chi connectivity index (χ4n) is 1.41. The number of carbonyl (C=O) groups excluding carboxylic acids is 2. The van der Waals surface area contributed by atoms with Crippen LogP contribution < -0.4 is 5.32 Å². The van der Waals surface area contributed by atoms with Gasteiger partial charge in [-0.2, -0.15) is 0 Å². The molecule has 1 aromatic carbocycles. The highest BCUT2D eigenvalue weighted by molar-refractivity contribution is 7.99. The standard InChI is InChI=1S/C10H8FNO2S/c1-2-15-8-4-7-5(3-6(8)11)9(13)10(14)12-7/h3-4H,2H2,1H3,(H,12,13,14). The normalized spacial score (nSPS) is 14.0. The van der Waals surface area contributed by atoms with E-state index < -0.39 is 17.5 Å². The van der Waals surface area contributed by atoms with Gasteiger partial charge in [-0.25, -0.2) is 4.39 Å². The second-order valence-corrected chi connectivity index (χ2v) is 4.35. The monoisotopic (exact) mass is 225 g/mol. The number of carbonyl (C=O) groups is 2. The molecule has 78 valence electrons. The zero-order chi connectivity index (χ0) is 11.0. The highest BCUT2D eigenvalue weighted by Crippen LogP contribution is 2.31. The predicted molar refractivity (Wildman–Crippen MR) is 55.8 cm³/mol. The van der Waals surface area contributed by atoms with Crippen LogP contribution in [-0.2, 0) is 4.79 Å². The number of halogens is 1. The van der Waals surface area contributed by atoms with Gasteiger partial charge in [-0.05, 0) is 17.9 Å². The van der Waals surface area contributed by atoms with E-state index >= 15 is 0 Å². The van der Waals surface area contributed by atoms with Crippen LogP contribution in [0.1, 0.15) is 17.3 Å². The molecule has 5 heteroatoms. The zero-order valence-electron chi connectivity index (χ0n) is 7.96. The third-order valence-corrected chi connectivity index (χ3v) is 2.98. The van der Waals surface area contributed by atoms with E-state index in [2.05, 4.69) is 5.32 Å². The summed E-state index contributed by atoms with van der Waals surface area (Å²) in [5.41, 5.74) is 0.528. The summed E-state index contributed by atoms with van der Waals surface area (Å²) in [6, 6.07) is 2.62. The molecule has 0 atom stereocenters. The van der Waals surface area contributed by atoms with Crippen molar-refractivity contribution < 1.29 is 14.0 Å². The van der Waals surface area contributed by atoms with Crippen LogP contribution in [0.2, 0.25) is 0 Å². The maximum Gasteiger partial charge on any atom is 0.296 e. The van der Waals surface area contributed by atoms with Crippen molar-refractivity contribution >= 4 is 29.1 Å². The van der Waals surface area contributed by atoms with Gasteiger partial charge in [0.25, 0.3) is 11.7 Å². The third-order valence-electron chi connectivity index (χ3n) is 2.07. The van der Waals surface area contributed by atoms with Crippen molar-refractivity contribution in [2.24, 2.45) is 0 Å². The van der Waals surface area contributed by atoms with Gasteiger partial charge in [-0.1, -0.05) is 6.92 Å². The smallest absolute Gasteiger partial charge is 0.296 e. The number of hydrogen-bond donors (Lipinski definition) is 1. The van der Waals surface area contributed by atoms with Gasteiger partial charge in [-0.15, -0.1) is 11.8 Å². The molecular weight excluding hydrogens is 217 g/mol. The van der Waals surface area contributed by atoms with Gasteiger partial charge in [0.05, 0.1) is 11.3 Å². The number of thioether (sulfide) groups is 1. The van der Waals surface area contributed by atoms with Crippen molar-refractivity contribution in [3.8, 4) is 0 Å². The van der Waals surface area contributed by atoms with E-state index in [-0.39, 0.29) is 5.56 Å². The fraction of sp³-hybridized carbons (Fsp3) is 0.200. The highest BCUT2D eigenvalue weighted by Gasteiger charge is 2.29. The number of anilines is 1. The summed E-state index contributed by atoms with van der Waals surface area (Å²) < 4.78 is 13.4. The molecule has 1 N–H and O–H groups in total. The van der Waals surface area contributed by atoms with Crippen molar-refractivity contribution in [3.63, 3.8) is 0 Å². The van der Waals surface area contributed by atoms with Crippen LogP contribution >= 0.6 is 11.8 Å². The van der Waals surface area contributed by atoms with Crippen molar-refractivity contribution in [2.45, 2.75) is 11.8 Å². The summed E-state index contributed by atoms with van der Waals surface area (Å²) in [7, 11) is 0. The summed E-state index contributed by atoms with van der Waals surface area (Å²) in [6.07, 6.45) is 0. The quantitative estimate of drug-likeness (QED) is 0.619. The SMILES string of the molecule is CCSc1cc2c(cc1F)C(=O)C(=O)N2. The van der Waals surface area contributed by atoms with Crippen LogP contribution in [0.15, 0.2) is 17.0 Å². The van der Waals surface area contributed by atoms with Crippen LogP contribution in [0, 0.1) is 5.82 Å². The molecule has 1 aliphatic rings. The van der Waals surface area contributed by atoms with Crippen LogP contribution in [0.5, 0.6) is 0 Å². The lowest BCUT2D eigenvalue weighted by Crippen LogP contribution is -2.12. The Morgan fingerprint density at radius 2 is 2.13 bits per heavy atom. The van der Waals surface area contributed by atoms with Gasteiger partial charge in [0, 0.05) is 4.90 Å². The Labute approximate surface area is 90.0 Å². The van der Waals surface area contributed by atoms with E-state index in [9.17, 15) is 14.0 Å². The topological polar surface area (TPSA) is 46.2 Å². The van der Waals surface area contributed by atoms with Crippen LogP contribution in [0.4, 0.5) is 10.1 Å². The van der Waals surface area contributed by atoms with Crippen LogP contribution in [-0.4, -0.2) is 17.4 Å². The molecule has 0 saturated heterocycles. The lowest BCUT2D eigenvalue weighted by molar-refractivity contribution is -0.112. The molecule has 0 aromatic heterocycles. The first-order valence-corrected chi connectivity index (χ1v) is 5.44. The number of Topliss-reactive ketones (excluding diaryl/α,β-unsaturated/α-hetero) is 1. The van der Waals surface area contributed by atoms with E-state index in [0.717, 1.165) is 11.8 Å². The van der Waals surface area contributed by atoms with E-state index in [0.29, 0.717) is 10.6 Å². The van der Waals surface area contributed by atoms with E-state index in [4.69, 9.17) is 0 Å². The Hall–Kier alpha value is -1.36. The van der Waals surface area contributed by atoms with Crippen LogP contribution in [0.25, 0.3) is 0 Å². The molecule has 0 bridgehead atoms. The fourth-order valence-corrected chi connectivity index (χ4v) is 2.12. The number of fused-ring (bicyclic) bond motifs is 1. The molecule has 3 nitrogen and oxygen atoms in total. The van der Waals surface area contributed by atoms with Gasteiger partial charge in [-0.3, -0.25) is 9.59 Å². The van der Waals surface area contributed by atoms with Crippen molar-refractivity contribution in [1.29, 1.82) is 0 Å². The van der Waals surface area contributed by atoms with Crippen molar-refractivity contribution in [1.82, 2.24) is 0 Å². The lowest BCUT2D eigenvalue weighted by Gasteiger charge is -2.03. The number of benzene rings is 1. The summed E-state index contributed by atoms with van der Waals surface area (Å²) in [5, 5.41) is 2.40. The molecule has 1 amide bonds. The number of ketones is 1. The Morgan fingerprint density at radius 1 is 1.40 bits per heavy atom. The molecule has 0 aliphatic carbocycles. The maximum atomic E-state index is 13.4. The molecule has 1 heterocycles.